The highest BCUT2D eigenvalue weighted by atomic mass is 16.6. The van der Waals surface area contributed by atoms with Crippen molar-refractivity contribution in [2.75, 3.05) is 18.5 Å². The molecule has 0 fully saturated rings. The number of likely N-dealkylation sites (N-methyl/N-ethyl adjacent to an activating group) is 1. The van der Waals surface area contributed by atoms with Crippen molar-refractivity contribution in [1.29, 1.82) is 0 Å². The normalized spacial score (nSPS) is 16.2. The number of para-hydroxylation sites is 2. The van der Waals surface area contributed by atoms with Crippen LogP contribution in [0.3, 0.4) is 0 Å². The zero-order valence-corrected chi connectivity index (χ0v) is 14.3. The summed E-state index contributed by atoms with van der Waals surface area (Å²) in [4.78, 5) is 24.7. The average molecular weight is 343 g/mol. The number of benzene rings is 1. The molecule has 0 aliphatic heterocycles. The first kappa shape index (κ1) is 16.9. The number of nitrogens with one attached hydrogen (secondary N) is 1. The van der Waals surface area contributed by atoms with Crippen LogP contribution in [0, 0.1) is 10.1 Å². The maximum atomic E-state index is 12.4. The lowest BCUT2D eigenvalue weighted by atomic mass is 9.93. The zero-order valence-electron chi connectivity index (χ0n) is 14.3. The van der Waals surface area contributed by atoms with E-state index in [1.54, 1.807) is 30.1 Å². The number of aryl methyl sites for hydroxylation is 1. The van der Waals surface area contributed by atoms with Gasteiger partial charge in [0.25, 0.3) is 5.69 Å². The molecule has 2 aromatic rings. The Labute approximate surface area is 145 Å². The summed E-state index contributed by atoms with van der Waals surface area (Å²) in [6, 6.07) is 6.36. The molecule has 8 heteroatoms. The van der Waals surface area contributed by atoms with Gasteiger partial charge in [-0.05, 0) is 25.3 Å². The summed E-state index contributed by atoms with van der Waals surface area (Å²) in [7, 11) is 3.59. The second kappa shape index (κ2) is 6.92. The predicted molar refractivity (Wildman–Crippen MR) is 93.4 cm³/mol. The Morgan fingerprint density at radius 1 is 1.48 bits per heavy atom. The maximum Gasteiger partial charge on any atom is 0.292 e. The Bertz CT molecular complexity index is 801. The first-order chi connectivity index (χ1) is 12.0. The number of nitro benzene ring substituents is 1. The number of carbonyl (C=O) groups excluding carboxylic acids is 1. The monoisotopic (exact) mass is 343 g/mol. The van der Waals surface area contributed by atoms with Crippen molar-refractivity contribution < 1.29 is 9.72 Å². The van der Waals surface area contributed by atoms with E-state index in [2.05, 4.69) is 10.4 Å². The summed E-state index contributed by atoms with van der Waals surface area (Å²) in [5, 5.41) is 18.4. The average Bonchev–Trinajstić information content (AvgIpc) is 2.97. The Balaban J connectivity index is 1.69. The summed E-state index contributed by atoms with van der Waals surface area (Å²) >= 11 is 0. The van der Waals surface area contributed by atoms with E-state index >= 15 is 0 Å². The predicted octanol–water partition coefficient (Wildman–Crippen LogP) is 1.96. The van der Waals surface area contributed by atoms with E-state index in [1.807, 2.05) is 17.9 Å². The SMILES string of the molecule is CN(CC(=O)N[C@H]1CCCc2c1cnn2C)c1ccccc1[N+](=O)[O-]. The number of amides is 1. The summed E-state index contributed by atoms with van der Waals surface area (Å²) in [5.41, 5.74) is 2.64. The fraction of sp³-hybridized carbons (Fsp3) is 0.412. The van der Waals surface area contributed by atoms with Gasteiger partial charge in [-0.1, -0.05) is 12.1 Å². The van der Waals surface area contributed by atoms with Gasteiger partial charge < -0.3 is 10.2 Å². The van der Waals surface area contributed by atoms with Gasteiger partial charge in [0.1, 0.15) is 5.69 Å². The molecule has 0 saturated heterocycles. The summed E-state index contributed by atoms with van der Waals surface area (Å²) in [6.07, 6.45) is 4.65. The number of carbonyl (C=O) groups is 1. The molecule has 0 unspecified atom stereocenters. The first-order valence-corrected chi connectivity index (χ1v) is 8.22. The van der Waals surface area contributed by atoms with Crippen LogP contribution in [0.2, 0.25) is 0 Å². The summed E-state index contributed by atoms with van der Waals surface area (Å²) in [6.45, 7) is 0.0525. The second-order valence-corrected chi connectivity index (χ2v) is 6.28. The van der Waals surface area contributed by atoms with Crippen molar-refractivity contribution in [3.05, 3.63) is 51.8 Å². The number of nitro groups is 1. The van der Waals surface area contributed by atoms with Crippen molar-refractivity contribution in [1.82, 2.24) is 15.1 Å². The standard InChI is InChI=1S/C17H21N5O3/c1-20(15-7-3-4-8-16(15)22(24)25)11-17(23)19-13-6-5-9-14-12(13)10-18-21(14)2/h3-4,7-8,10,13H,5-6,9,11H2,1-2H3,(H,19,23)/t13-/m0/s1. The highest BCUT2D eigenvalue weighted by molar-refractivity contribution is 5.82. The van der Waals surface area contributed by atoms with E-state index in [0.717, 1.165) is 30.5 Å². The van der Waals surface area contributed by atoms with Crippen LogP contribution >= 0.6 is 0 Å². The number of fused-ring (bicyclic) bond motifs is 1. The van der Waals surface area contributed by atoms with Crippen LogP contribution in [0.4, 0.5) is 11.4 Å². The highest BCUT2D eigenvalue weighted by Gasteiger charge is 2.25. The minimum Gasteiger partial charge on any atom is -0.360 e. The van der Waals surface area contributed by atoms with E-state index in [9.17, 15) is 14.9 Å². The Hall–Kier alpha value is -2.90. The van der Waals surface area contributed by atoms with E-state index in [4.69, 9.17) is 0 Å². The molecule has 0 saturated carbocycles. The number of aromatic nitrogens is 2. The van der Waals surface area contributed by atoms with Gasteiger partial charge in [-0.2, -0.15) is 5.10 Å². The topological polar surface area (TPSA) is 93.3 Å². The Morgan fingerprint density at radius 3 is 3.00 bits per heavy atom. The fourth-order valence-electron chi connectivity index (χ4n) is 3.34. The van der Waals surface area contributed by atoms with Crippen molar-refractivity contribution in [2.24, 2.45) is 7.05 Å². The Morgan fingerprint density at radius 2 is 2.24 bits per heavy atom. The van der Waals surface area contributed by atoms with Gasteiger partial charge in [-0.25, -0.2) is 0 Å². The Kier molecular flexibility index (Phi) is 4.69. The van der Waals surface area contributed by atoms with Gasteiger partial charge in [0.2, 0.25) is 5.91 Å². The van der Waals surface area contributed by atoms with Crippen molar-refractivity contribution in [3.63, 3.8) is 0 Å². The van der Waals surface area contributed by atoms with Gasteiger partial charge in [0, 0.05) is 31.4 Å². The molecule has 25 heavy (non-hydrogen) atoms. The number of rotatable bonds is 5. The lowest BCUT2D eigenvalue weighted by Crippen LogP contribution is -2.38. The van der Waals surface area contributed by atoms with E-state index in [0.29, 0.717) is 5.69 Å². The van der Waals surface area contributed by atoms with Crippen LogP contribution in [-0.4, -0.2) is 34.2 Å². The molecule has 1 atom stereocenters. The third-order valence-corrected chi connectivity index (χ3v) is 4.58. The maximum absolute atomic E-state index is 12.4. The van der Waals surface area contributed by atoms with Gasteiger partial charge in [0.05, 0.1) is 23.7 Å². The number of nitrogens with zero attached hydrogens (tertiary/aromatic N) is 4. The van der Waals surface area contributed by atoms with Crippen molar-refractivity contribution in [2.45, 2.75) is 25.3 Å². The quantitative estimate of drug-likeness (QED) is 0.662. The molecular weight excluding hydrogens is 322 g/mol. The van der Waals surface area contributed by atoms with Gasteiger partial charge in [-0.3, -0.25) is 19.6 Å². The minimum absolute atomic E-state index is 0.00925. The zero-order chi connectivity index (χ0) is 18.0. The number of anilines is 1. The molecule has 0 bridgehead atoms. The molecule has 132 valence electrons. The lowest BCUT2D eigenvalue weighted by Gasteiger charge is -2.25. The van der Waals surface area contributed by atoms with Crippen LogP contribution in [0.5, 0.6) is 0 Å². The molecule has 1 N–H and O–H groups in total. The van der Waals surface area contributed by atoms with Gasteiger partial charge in [0.15, 0.2) is 0 Å². The fourth-order valence-corrected chi connectivity index (χ4v) is 3.34. The summed E-state index contributed by atoms with van der Waals surface area (Å²) in [5.74, 6) is -0.164. The third-order valence-electron chi connectivity index (χ3n) is 4.58. The van der Waals surface area contributed by atoms with Crippen LogP contribution in [0.1, 0.15) is 30.1 Å². The molecule has 1 aromatic carbocycles. The number of hydrogen-bond donors (Lipinski definition) is 1. The second-order valence-electron chi connectivity index (χ2n) is 6.28. The van der Waals surface area contributed by atoms with Gasteiger partial charge in [-0.15, -0.1) is 0 Å². The van der Waals surface area contributed by atoms with E-state index < -0.39 is 4.92 Å². The van der Waals surface area contributed by atoms with Crippen molar-refractivity contribution in [3.8, 4) is 0 Å². The first-order valence-electron chi connectivity index (χ1n) is 8.22. The number of hydrogen-bond acceptors (Lipinski definition) is 5. The molecule has 3 rings (SSSR count). The molecule has 1 heterocycles. The minimum atomic E-state index is -0.438. The largest absolute Gasteiger partial charge is 0.360 e. The van der Waals surface area contributed by atoms with Crippen molar-refractivity contribution >= 4 is 17.3 Å². The van der Waals surface area contributed by atoms with Gasteiger partial charge >= 0.3 is 0 Å². The van der Waals surface area contributed by atoms with E-state index in [-0.39, 0.29) is 24.2 Å². The molecule has 1 amide bonds. The smallest absolute Gasteiger partial charge is 0.292 e. The molecular formula is C17H21N5O3. The van der Waals surface area contributed by atoms with E-state index in [1.165, 1.54) is 6.07 Å². The molecule has 0 radical (unpaired) electrons. The molecule has 1 aliphatic carbocycles. The third kappa shape index (κ3) is 3.47. The van der Waals surface area contributed by atoms with Crippen LogP contribution < -0.4 is 10.2 Å². The van der Waals surface area contributed by atoms with Crippen LogP contribution in [0.15, 0.2) is 30.5 Å². The summed E-state index contributed by atoms with van der Waals surface area (Å²) < 4.78 is 1.85. The molecule has 1 aromatic heterocycles. The highest BCUT2D eigenvalue weighted by Crippen LogP contribution is 2.29. The molecule has 0 spiro atoms. The van der Waals surface area contributed by atoms with Crippen LogP contribution in [-0.2, 0) is 18.3 Å². The van der Waals surface area contributed by atoms with Crippen LogP contribution in [0.25, 0.3) is 0 Å². The lowest BCUT2D eigenvalue weighted by molar-refractivity contribution is -0.384. The molecule has 1 aliphatic rings. The molecule has 8 nitrogen and oxygen atoms in total.